The first-order valence-electron chi connectivity index (χ1n) is 7.21. The Balaban J connectivity index is 2.06. The van der Waals surface area contributed by atoms with Gasteiger partial charge < -0.3 is 14.8 Å². The fraction of sp³-hybridized carbons (Fsp3) is 0.562. The molecule has 1 aromatic rings. The maximum atomic E-state index is 12.3. The second-order valence-corrected chi connectivity index (χ2v) is 5.27. The van der Waals surface area contributed by atoms with Gasteiger partial charge in [0.1, 0.15) is 5.75 Å². The summed E-state index contributed by atoms with van der Waals surface area (Å²) in [5.41, 5.74) is 1.56. The van der Waals surface area contributed by atoms with Crippen molar-refractivity contribution in [1.29, 1.82) is 0 Å². The number of amides is 1. The van der Waals surface area contributed by atoms with Crippen LogP contribution in [-0.4, -0.2) is 26.2 Å². The molecular weight excluding hydrogens is 254 g/mol. The number of carbonyl (C=O) groups excluding carboxylic acids is 1. The monoisotopic (exact) mass is 277 g/mol. The van der Waals surface area contributed by atoms with E-state index in [0.29, 0.717) is 18.2 Å². The number of nitrogens with one attached hydrogen (secondary N) is 1. The Hall–Kier alpha value is -1.55. The van der Waals surface area contributed by atoms with Crippen LogP contribution in [0.25, 0.3) is 0 Å². The molecule has 1 fully saturated rings. The van der Waals surface area contributed by atoms with Gasteiger partial charge >= 0.3 is 0 Å². The summed E-state index contributed by atoms with van der Waals surface area (Å²) < 4.78 is 10.4. The van der Waals surface area contributed by atoms with Crippen molar-refractivity contribution >= 4 is 5.91 Å². The van der Waals surface area contributed by atoms with Crippen molar-refractivity contribution < 1.29 is 14.3 Å². The highest BCUT2D eigenvalue weighted by Crippen LogP contribution is 2.22. The SMILES string of the molecule is COCc1cc(C(=O)NC2CCCCC2)ccc1OC. The first-order valence-corrected chi connectivity index (χ1v) is 7.21. The van der Waals surface area contributed by atoms with E-state index < -0.39 is 0 Å². The number of benzene rings is 1. The minimum absolute atomic E-state index is 0.00286. The Labute approximate surface area is 120 Å². The number of rotatable bonds is 5. The highest BCUT2D eigenvalue weighted by atomic mass is 16.5. The molecule has 0 aliphatic heterocycles. The summed E-state index contributed by atoms with van der Waals surface area (Å²) >= 11 is 0. The Kier molecular flexibility index (Phi) is 5.41. The number of hydrogen-bond acceptors (Lipinski definition) is 3. The highest BCUT2D eigenvalue weighted by molar-refractivity contribution is 5.94. The second-order valence-electron chi connectivity index (χ2n) is 5.27. The zero-order valence-electron chi connectivity index (χ0n) is 12.3. The molecule has 0 aromatic heterocycles. The summed E-state index contributed by atoms with van der Waals surface area (Å²) in [6.45, 7) is 0.438. The third-order valence-corrected chi connectivity index (χ3v) is 3.78. The van der Waals surface area contributed by atoms with Crippen molar-refractivity contribution in [2.24, 2.45) is 0 Å². The van der Waals surface area contributed by atoms with Crippen LogP contribution in [-0.2, 0) is 11.3 Å². The molecule has 1 aliphatic carbocycles. The van der Waals surface area contributed by atoms with Crippen LogP contribution in [0.3, 0.4) is 0 Å². The fourth-order valence-electron chi connectivity index (χ4n) is 2.70. The van der Waals surface area contributed by atoms with Crippen molar-refractivity contribution in [2.75, 3.05) is 14.2 Å². The number of ether oxygens (including phenoxy) is 2. The van der Waals surface area contributed by atoms with Crippen LogP contribution in [0.1, 0.15) is 48.0 Å². The van der Waals surface area contributed by atoms with Gasteiger partial charge in [-0.05, 0) is 31.0 Å². The molecule has 1 aliphatic rings. The van der Waals surface area contributed by atoms with Crippen LogP contribution < -0.4 is 10.1 Å². The molecule has 0 saturated heterocycles. The van der Waals surface area contributed by atoms with Gasteiger partial charge in [0.15, 0.2) is 0 Å². The molecule has 20 heavy (non-hydrogen) atoms. The molecule has 0 unspecified atom stereocenters. The summed E-state index contributed by atoms with van der Waals surface area (Å²) in [5, 5.41) is 3.12. The van der Waals surface area contributed by atoms with E-state index in [1.807, 2.05) is 12.1 Å². The minimum Gasteiger partial charge on any atom is -0.496 e. The van der Waals surface area contributed by atoms with Gasteiger partial charge in [-0.25, -0.2) is 0 Å². The van der Waals surface area contributed by atoms with Gasteiger partial charge in [0.2, 0.25) is 0 Å². The minimum atomic E-state index is -0.00286. The van der Waals surface area contributed by atoms with E-state index in [1.54, 1.807) is 20.3 Å². The molecule has 0 heterocycles. The van der Waals surface area contributed by atoms with Gasteiger partial charge in [-0.1, -0.05) is 19.3 Å². The van der Waals surface area contributed by atoms with Crippen LogP contribution in [0.15, 0.2) is 18.2 Å². The van der Waals surface area contributed by atoms with Gasteiger partial charge in [0.05, 0.1) is 13.7 Å². The Morgan fingerprint density at radius 3 is 2.65 bits per heavy atom. The lowest BCUT2D eigenvalue weighted by Crippen LogP contribution is -2.36. The van der Waals surface area contributed by atoms with Crippen LogP contribution >= 0.6 is 0 Å². The molecule has 2 rings (SSSR count). The first kappa shape index (κ1) is 14.9. The summed E-state index contributed by atoms with van der Waals surface area (Å²) in [5.74, 6) is 0.748. The van der Waals surface area contributed by atoms with Gasteiger partial charge in [-0.2, -0.15) is 0 Å². The van der Waals surface area contributed by atoms with E-state index in [0.717, 1.165) is 24.2 Å². The van der Waals surface area contributed by atoms with E-state index in [-0.39, 0.29) is 5.91 Å². The van der Waals surface area contributed by atoms with Crippen LogP contribution in [0.2, 0.25) is 0 Å². The maximum absolute atomic E-state index is 12.3. The van der Waals surface area contributed by atoms with Crippen LogP contribution in [0.5, 0.6) is 5.75 Å². The molecule has 1 amide bonds. The fourth-order valence-corrected chi connectivity index (χ4v) is 2.70. The molecular formula is C16H23NO3. The lowest BCUT2D eigenvalue weighted by atomic mass is 9.95. The van der Waals surface area contributed by atoms with Gasteiger partial charge in [0.25, 0.3) is 5.91 Å². The quantitative estimate of drug-likeness (QED) is 0.900. The lowest BCUT2D eigenvalue weighted by molar-refractivity contribution is 0.0927. The molecule has 0 spiro atoms. The smallest absolute Gasteiger partial charge is 0.251 e. The lowest BCUT2D eigenvalue weighted by Gasteiger charge is -2.23. The van der Waals surface area contributed by atoms with Crippen LogP contribution in [0.4, 0.5) is 0 Å². The molecule has 0 radical (unpaired) electrons. The molecule has 4 nitrogen and oxygen atoms in total. The summed E-state index contributed by atoms with van der Waals surface area (Å²) in [4.78, 5) is 12.3. The van der Waals surface area contributed by atoms with E-state index in [1.165, 1.54) is 19.3 Å². The van der Waals surface area contributed by atoms with Crippen LogP contribution in [0, 0.1) is 0 Å². The molecule has 0 bridgehead atoms. The van der Waals surface area contributed by atoms with Crippen molar-refractivity contribution in [3.8, 4) is 5.75 Å². The number of hydrogen-bond donors (Lipinski definition) is 1. The number of methoxy groups -OCH3 is 2. The topological polar surface area (TPSA) is 47.6 Å². The molecule has 110 valence electrons. The number of carbonyl (C=O) groups is 1. The maximum Gasteiger partial charge on any atom is 0.251 e. The largest absolute Gasteiger partial charge is 0.496 e. The molecule has 1 N–H and O–H groups in total. The third-order valence-electron chi connectivity index (χ3n) is 3.78. The zero-order chi connectivity index (χ0) is 14.4. The van der Waals surface area contributed by atoms with Gasteiger partial charge in [-0.3, -0.25) is 4.79 Å². The van der Waals surface area contributed by atoms with Crippen molar-refractivity contribution in [3.63, 3.8) is 0 Å². The summed E-state index contributed by atoms with van der Waals surface area (Å²) in [6, 6.07) is 5.80. The predicted octanol–water partition coefficient (Wildman–Crippen LogP) is 2.90. The van der Waals surface area contributed by atoms with E-state index in [2.05, 4.69) is 5.32 Å². The zero-order valence-corrected chi connectivity index (χ0v) is 12.3. The Morgan fingerprint density at radius 1 is 1.25 bits per heavy atom. The van der Waals surface area contributed by atoms with Gasteiger partial charge in [-0.15, -0.1) is 0 Å². The molecule has 1 saturated carbocycles. The highest BCUT2D eigenvalue weighted by Gasteiger charge is 2.17. The average Bonchev–Trinajstić information content (AvgIpc) is 2.48. The summed E-state index contributed by atoms with van der Waals surface area (Å²) in [7, 11) is 3.25. The van der Waals surface area contributed by atoms with E-state index in [4.69, 9.17) is 9.47 Å². The second kappa shape index (κ2) is 7.29. The van der Waals surface area contributed by atoms with E-state index >= 15 is 0 Å². The Morgan fingerprint density at radius 2 is 2.00 bits per heavy atom. The average molecular weight is 277 g/mol. The Bertz CT molecular complexity index is 453. The van der Waals surface area contributed by atoms with Crippen molar-refractivity contribution in [1.82, 2.24) is 5.32 Å². The molecule has 4 heteroatoms. The van der Waals surface area contributed by atoms with Crippen molar-refractivity contribution in [2.45, 2.75) is 44.8 Å². The normalized spacial score (nSPS) is 15.9. The first-order chi connectivity index (χ1) is 9.74. The standard InChI is InChI=1S/C16H23NO3/c1-19-11-13-10-12(8-9-15(13)20-2)16(18)17-14-6-4-3-5-7-14/h8-10,14H,3-7,11H2,1-2H3,(H,17,18). The third kappa shape index (κ3) is 3.73. The van der Waals surface area contributed by atoms with Gasteiger partial charge in [0, 0.05) is 24.3 Å². The van der Waals surface area contributed by atoms with E-state index in [9.17, 15) is 4.79 Å². The predicted molar refractivity (Wildman–Crippen MR) is 78.0 cm³/mol. The van der Waals surface area contributed by atoms with Crippen molar-refractivity contribution in [3.05, 3.63) is 29.3 Å². The molecule has 1 aromatic carbocycles. The summed E-state index contributed by atoms with van der Waals surface area (Å²) in [6.07, 6.45) is 5.89. The molecule has 0 atom stereocenters.